The van der Waals surface area contributed by atoms with Gasteiger partial charge in [0, 0.05) is 19.3 Å². The Balaban J connectivity index is 2.63. The summed E-state index contributed by atoms with van der Waals surface area (Å²) >= 11 is 0. The van der Waals surface area contributed by atoms with Crippen LogP contribution in [0.1, 0.15) is 30.8 Å². The molecule has 1 aromatic heterocycles. The van der Waals surface area contributed by atoms with E-state index in [1.807, 2.05) is 13.8 Å². The molecule has 0 bridgehead atoms. The van der Waals surface area contributed by atoms with Gasteiger partial charge in [0.2, 0.25) is 5.91 Å². The van der Waals surface area contributed by atoms with Gasteiger partial charge >= 0.3 is 0 Å². The SMILES string of the molecule is CCCn1cc(N)cc1C(=O)NCC(=O)NCC. The molecule has 6 nitrogen and oxygen atoms in total. The predicted molar refractivity (Wildman–Crippen MR) is 70.2 cm³/mol. The highest BCUT2D eigenvalue weighted by atomic mass is 16.2. The summed E-state index contributed by atoms with van der Waals surface area (Å²) < 4.78 is 1.79. The molecule has 0 saturated carbocycles. The fraction of sp³-hybridized carbons (Fsp3) is 0.500. The first kappa shape index (κ1) is 14.1. The fourth-order valence-electron chi connectivity index (χ4n) is 1.66. The Kier molecular flexibility index (Phi) is 5.23. The zero-order valence-electron chi connectivity index (χ0n) is 10.8. The van der Waals surface area contributed by atoms with Crippen LogP contribution in [-0.4, -0.2) is 29.5 Å². The smallest absolute Gasteiger partial charge is 0.268 e. The molecule has 0 aliphatic carbocycles. The van der Waals surface area contributed by atoms with Crippen LogP contribution in [0, 0.1) is 0 Å². The molecule has 2 amide bonds. The second-order valence-corrected chi connectivity index (χ2v) is 3.99. The van der Waals surface area contributed by atoms with Gasteiger partial charge in [0.1, 0.15) is 5.69 Å². The number of hydrogen-bond acceptors (Lipinski definition) is 3. The number of aryl methyl sites for hydroxylation is 1. The Bertz CT molecular complexity index is 426. The van der Waals surface area contributed by atoms with Crippen molar-refractivity contribution in [2.45, 2.75) is 26.8 Å². The molecular formula is C12H20N4O2. The third-order valence-electron chi connectivity index (χ3n) is 2.40. The van der Waals surface area contributed by atoms with Crippen LogP contribution in [0.15, 0.2) is 12.3 Å². The number of carbonyl (C=O) groups is 2. The molecular weight excluding hydrogens is 232 g/mol. The zero-order valence-corrected chi connectivity index (χ0v) is 10.8. The van der Waals surface area contributed by atoms with Gasteiger partial charge in [0.25, 0.3) is 5.91 Å². The van der Waals surface area contributed by atoms with Gasteiger partial charge < -0.3 is 20.9 Å². The number of nitrogens with zero attached hydrogens (tertiary/aromatic N) is 1. The van der Waals surface area contributed by atoms with Crippen molar-refractivity contribution in [3.63, 3.8) is 0 Å². The van der Waals surface area contributed by atoms with Crippen LogP contribution in [0.25, 0.3) is 0 Å². The third-order valence-corrected chi connectivity index (χ3v) is 2.40. The summed E-state index contributed by atoms with van der Waals surface area (Å²) in [5.74, 6) is -0.487. The molecule has 0 aliphatic heterocycles. The molecule has 1 aromatic rings. The lowest BCUT2D eigenvalue weighted by Crippen LogP contribution is -2.37. The summed E-state index contributed by atoms with van der Waals surface area (Å²) in [6, 6.07) is 1.61. The van der Waals surface area contributed by atoms with Crippen LogP contribution in [0.4, 0.5) is 5.69 Å². The van der Waals surface area contributed by atoms with E-state index in [0.717, 1.165) is 13.0 Å². The highest BCUT2D eigenvalue weighted by molar-refractivity contribution is 5.96. The monoisotopic (exact) mass is 252 g/mol. The maximum atomic E-state index is 11.9. The second-order valence-electron chi connectivity index (χ2n) is 3.99. The first-order chi connectivity index (χ1) is 8.58. The lowest BCUT2D eigenvalue weighted by atomic mass is 10.3. The Labute approximate surface area is 107 Å². The van der Waals surface area contributed by atoms with Crippen molar-refractivity contribution in [1.82, 2.24) is 15.2 Å². The van der Waals surface area contributed by atoms with Crippen LogP contribution in [0.3, 0.4) is 0 Å². The third kappa shape index (κ3) is 3.80. The lowest BCUT2D eigenvalue weighted by molar-refractivity contribution is -0.120. The van der Waals surface area contributed by atoms with E-state index in [4.69, 9.17) is 5.73 Å². The number of rotatable bonds is 6. The van der Waals surface area contributed by atoms with Crippen molar-refractivity contribution in [2.75, 3.05) is 18.8 Å². The summed E-state index contributed by atoms with van der Waals surface area (Å²) in [5, 5.41) is 5.18. The normalized spacial score (nSPS) is 10.1. The number of aromatic nitrogens is 1. The van der Waals surface area contributed by atoms with E-state index in [1.165, 1.54) is 0 Å². The van der Waals surface area contributed by atoms with Crippen molar-refractivity contribution in [1.29, 1.82) is 0 Å². The van der Waals surface area contributed by atoms with E-state index < -0.39 is 0 Å². The number of anilines is 1. The Hall–Kier alpha value is -1.98. The summed E-state index contributed by atoms with van der Waals surface area (Å²) in [5.41, 5.74) is 6.70. The van der Waals surface area contributed by atoms with E-state index in [2.05, 4.69) is 10.6 Å². The van der Waals surface area contributed by atoms with E-state index in [9.17, 15) is 9.59 Å². The van der Waals surface area contributed by atoms with E-state index in [1.54, 1.807) is 16.8 Å². The Morgan fingerprint density at radius 2 is 2.06 bits per heavy atom. The molecule has 0 saturated heterocycles. The number of hydrogen-bond donors (Lipinski definition) is 3. The topological polar surface area (TPSA) is 89.2 Å². The van der Waals surface area contributed by atoms with E-state index in [-0.39, 0.29) is 18.4 Å². The van der Waals surface area contributed by atoms with Crippen LogP contribution in [0.2, 0.25) is 0 Å². The Morgan fingerprint density at radius 3 is 2.67 bits per heavy atom. The minimum Gasteiger partial charge on any atom is -0.397 e. The predicted octanol–water partition coefficient (Wildman–Crippen LogP) is 0.346. The number of likely N-dealkylation sites (N-methyl/N-ethyl adjacent to an activating group) is 1. The van der Waals surface area contributed by atoms with Crippen molar-refractivity contribution >= 4 is 17.5 Å². The highest BCUT2D eigenvalue weighted by Gasteiger charge is 2.13. The Morgan fingerprint density at radius 1 is 1.33 bits per heavy atom. The molecule has 0 radical (unpaired) electrons. The number of carbonyl (C=O) groups excluding carboxylic acids is 2. The zero-order chi connectivity index (χ0) is 13.5. The maximum absolute atomic E-state index is 11.9. The summed E-state index contributed by atoms with van der Waals surface area (Å²) in [6.07, 6.45) is 2.63. The minimum atomic E-state index is -0.286. The average Bonchev–Trinajstić information content (AvgIpc) is 2.68. The van der Waals surface area contributed by atoms with Gasteiger partial charge in [0.05, 0.1) is 12.2 Å². The first-order valence-corrected chi connectivity index (χ1v) is 6.09. The molecule has 0 aromatic carbocycles. The molecule has 6 heteroatoms. The molecule has 0 unspecified atom stereocenters. The van der Waals surface area contributed by atoms with Gasteiger partial charge in [-0.25, -0.2) is 0 Å². The lowest BCUT2D eigenvalue weighted by Gasteiger charge is -2.08. The number of nitrogens with two attached hydrogens (primary N) is 1. The second kappa shape index (κ2) is 6.68. The van der Waals surface area contributed by atoms with Crippen molar-refractivity contribution < 1.29 is 9.59 Å². The van der Waals surface area contributed by atoms with Crippen LogP contribution >= 0.6 is 0 Å². The quantitative estimate of drug-likeness (QED) is 0.682. The molecule has 1 heterocycles. The fourth-order valence-corrected chi connectivity index (χ4v) is 1.66. The first-order valence-electron chi connectivity index (χ1n) is 6.09. The van der Waals surface area contributed by atoms with Gasteiger partial charge in [-0.05, 0) is 19.4 Å². The maximum Gasteiger partial charge on any atom is 0.268 e. The van der Waals surface area contributed by atoms with Crippen molar-refractivity contribution in [3.05, 3.63) is 18.0 Å². The molecule has 1 rings (SSSR count). The van der Waals surface area contributed by atoms with Gasteiger partial charge in [-0.2, -0.15) is 0 Å². The van der Waals surface area contributed by atoms with E-state index in [0.29, 0.717) is 17.9 Å². The molecule has 18 heavy (non-hydrogen) atoms. The molecule has 0 fully saturated rings. The summed E-state index contributed by atoms with van der Waals surface area (Å²) in [4.78, 5) is 23.1. The molecule has 0 spiro atoms. The van der Waals surface area contributed by atoms with Crippen molar-refractivity contribution in [2.24, 2.45) is 0 Å². The summed E-state index contributed by atoms with van der Waals surface area (Å²) in [6.45, 7) is 5.10. The molecule has 100 valence electrons. The van der Waals surface area contributed by atoms with Gasteiger partial charge in [0.15, 0.2) is 0 Å². The van der Waals surface area contributed by atoms with Gasteiger partial charge in [-0.15, -0.1) is 0 Å². The number of nitrogens with one attached hydrogen (secondary N) is 2. The minimum absolute atomic E-state index is 0.0239. The molecule has 0 atom stereocenters. The average molecular weight is 252 g/mol. The summed E-state index contributed by atoms with van der Waals surface area (Å²) in [7, 11) is 0. The molecule has 4 N–H and O–H groups in total. The number of nitrogen functional groups attached to an aromatic ring is 1. The standard InChI is InChI=1S/C12H20N4O2/c1-3-5-16-8-9(13)6-10(16)12(18)15-7-11(17)14-4-2/h6,8H,3-5,7,13H2,1-2H3,(H,14,17)(H,15,18). The van der Waals surface area contributed by atoms with Crippen molar-refractivity contribution in [3.8, 4) is 0 Å². The van der Waals surface area contributed by atoms with Gasteiger partial charge in [-0.1, -0.05) is 6.92 Å². The number of amides is 2. The van der Waals surface area contributed by atoms with Crippen LogP contribution in [-0.2, 0) is 11.3 Å². The van der Waals surface area contributed by atoms with Crippen LogP contribution < -0.4 is 16.4 Å². The van der Waals surface area contributed by atoms with Crippen LogP contribution in [0.5, 0.6) is 0 Å². The van der Waals surface area contributed by atoms with Gasteiger partial charge in [-0.3, -0.25) is 9.59 Å². The van der Waals surface area contributed by atoms with E-state index >= 15 is 0 Å². The largest absolute Gasteiger partial charge is 0.397 e. The highest BCUT2D eigenvalue weighted by Crippen LogP contribution is 2.11. The molecule has 0 aliphatic rings.